The van der Waals surface area contributed by atoms with Gasteiger partial charge in [-0.1, -0.05) is 0 Å². The number of hydrogen-bond donors (Lipinski definition) is 1. The van der Waals surface area contributed by atoms with Crippen LogP contribution in [0.1, 0.15) is 46.4 Å². The van der Waals surface area contributed by atoms with Gasteiger partial charge in [-0.05, 0) is 33.3 Å². The summed E-state index contributed by atoms with van der Waals surface area (Å²) in [4.78, 5) is 35.7. The van der Waals surface area contributed by atoms with Crippen molar-refractivity contribution < 1.29 is 28.6 Å². The van der Waals surface area contributed by atoms with E-state index in [1.54, 1.807) is 27.7 Å². The van der Waals surface area contributed by atoms with Crippen molar-refractivity contribution in [3.8, 4) is 0 Å². The lowest BCUT2D eigenvalue weighted by atomic mass is 10.1. The maximum absolute atomic E-state index is 11.9. The Morgan fingerprint density at radius 3 is 2.05 bits per heavy atom. The first kappa shape index (κ1) is 18.0. The minimum atomic E-state index is -0.727. The Labute approximate surface area is 132 Å². The molecule has 1 heterocycles. The van der Waals surface area contributed by atoms with Gasteiger partial charge >= 0.3 is 18.0 Å². The monoisotopic (exact) mass is 329 g/mol. The fourth-order valence-corrected chi connectivity index (χ4v) is 2.73. The van der Waals surface area contributed by atoms with Gasteiger partial charge in [-0.3, -0.25) is 5.32 Å². The predicted octanol–water partition coefficient (Wildman–Crippen LogP) is 2.98. The lowest BCUT2D eigenvalue weighted by Gasteiger charge is -2.19. The maximum Gasteiger partial charge on any atom is 0.412 e. The van der Waals surface area contributed by atoms with E-state index in [0.717, 1.165) is 11.3 Å². The second-order valence-corrected chi connectivity index (χ2v) is 6.39. The normalized spacial score (nSPS) is 10.8. The molecular formula is C14H19NO6S. The van der Waals surface area contributed by atoms with Gasteiger partial charge in [0.15, 0.2) is 0 Å². The molecule has 0 aliphatic heterocycles. The number of methoxy groups -OCH3 is 2. The van der Waals surface area contributed by atoms with Crippen molar-refractivity contribution in [3.63, 3.8) is 0 Å². The summed E-state index contributed by atoms with van der Waals surface area (Å²) in [5, 5.41) is 2.65. The molecule has 7 nitrogen and oxygen atoms in total. The first-order valence-corrected chi connectivity index (χ1v) is 7.22. The molecule has 0 spiro atoms. The van der Waals surface area contributed by atoms with Crippen LogP contribution in [0.25, 0.3) is 0 Å². The molecule has 0 aromatic carbocycles. The van der Waals surface area contributed by atoms with Crippen LogP contribution < -0.4 is 5.32 Å². The zero-order chi connectivity index (χ0) is 17.1. The molecule has 0 fully saturated rings. The summed E-state index contributed by atoms with van der Waals surface area (Å²) in [5.74, 6) is -1.25. The highest BCUT2D eigenvalue weighted by molar-refractivity contribution is 7.18. The molecule has 0 unspecified atom stereocenters. The molecule has 0 atom stereocenters. The van der Waals surface area contributed by atoms with Crippen molar-refractivity contribution in [2.24, 2.45) is 0 Å². The third-order valence-electron chi connectivity index (χ3n) is 2.52. The van der Waals surface area contributed by atoms with Gasteiger partial charge in [0.25, 0.3) is 0 Å². The zero-order valence-corrected chi connectivity index (χ0v) is 14.2. The van der Waals surface area contributed by atoms with Crippen LogP contribution in [-0.4, -0.2) is 37.9 Å². The molecule has 1 amide bonds. The quantitative estimate of drug-likeness (QED) is 0.677. The second-order valence-electron chi connectivity index (χ2n) is 5.37. The second kappa shape index (κ2) is 6.78. The van der Waals surface area contributed by atoms with E-state index < -0.39 is 23.6 Å². The van der Waals surface area contributed by atoms with E-state index in [1.165, 1.54) is 14.2 Å². The van der Waals surface area contributed by atoms with Crippen molar-refractivity contribution in [2.45, 2.75) is 33.3 Å². The number of hydrogen-bond acceptors (Lipinski definition) is 7. The van der Waals surface area contributed by atoms with E-state index in [9.17, 15) is 14.4 Å². The van der Waals surface area contributed by atoms with Gasteiger partial charge in [-0.2, -0.15) is 0 Å². The molecule has 1 N–H and O–H groups in total. The van der Waals surface area contributed by atoms with Crippen LogP contribution in [0.4, 0.5) is 9.80 Å². The van der Waals surface area contributed by atoms with Crippen molar-refractivity contribution in [3.05, 3.63) is 16.0 Å². The molecule has 1 rings (SSSR count). The number of carbonyl (C=O) groups excluding carboxylic acids is 3. The third kappa shape index (κ3) is 4.20. The summed E-state index contributed by atoms with van der Waals surface area (Å²) in [7, 11) is 2.45. The molecule has 0 radical (unpaired) electrons. The highest BCUT2D eigenvalue weighted by Crippen LogP contribution is 2.34. The van der Waals surface area contributed by atoms with E-state index >= 15 is 0 Å². The Hall–Kier alpha value is -2.09. The maximum atomic E-state index is 11.9. The molecule has 0 aliphatic carbocycles. The van der Waals surface area contributed by atoms with E-state index in [4.69, 9.17) is 9.47 Å². The summed E-state index contributed by atoms with van der Waals surface area (Å²) in [6, 6.07) is 0. The van der Waals surface area contributed by atoms with Crippen molar-refractivity contribution in [2.75, 3.05) is 19.5 Å². The van der Waals surface area contributed by atoms with Gasteiger partial charge in [0, 0.05) is 0 Å². The summed E-state index contributed by atoms with van der Waals surface area (Å²) in [6.07, 6.45) is -0.727. The molecule has 0 aliphatic rings. The number of carbonyl (C=O) groups is 3. The molecule has 1 aromatic rings. The number of rotatable bonds is 3. The Kier molecular flexibility index (Phi) is 5.54. The number of ether oxygens (including phenoxy) is 3. The first-order valence-electron chi connectivity index (χ1n) is 6.40. The number of amides is 1. The van der Waals surface area contributed by atoms with E-state index in [0.29, 0.717) is 5.56 Å². The van der Waals surface area contributed by atoms with Gasteiger partial charge in [0.2, 0.25) is 0 Å². The lowest BCUT2D eigenvalue weighted by Crippen LogP contribution is -2.27. The largest absolute Gasteiger partial charge is 0.465 e. The van der Waals surface area contributed by atoms with Crippen LogP contribution in [0, 0.1) is 6.92 Å². The third-order valence-corrected chi connectivity index (χ3v) is 3.71. The molecule has 0 saturated carbocycles. The van der Waals surface area contributed by atoms with Crippen LogP contribution in [0.3, 0.4) is 0 Å². The molecular weight excluding hydrogens is 310 g/mol. The standard InChI is InChI=1S/C14H19NO6S/c1-7-8(11(16)19-5)10(22-9(7)12(17)20-6)15-13(18)21-14(2,3)4/h1-6H3,(H,15,18). The number of nitrogens with one attached hydrogen (secondary N) is 1. The highest BCUT2D eigenvalue weighted by Gasteiger charge is 2.27. The van der Waals surface area contributed by atoms with Crippen LogP contribution >= 0.6 is 11.3 Å². The topological polar surface area (TPSA) is 90.9 Å². The molecule has 122 valence electrons. The zero-order valence-electron chi connectivity index (χ0n) is 13.4. The highest BCUT2D eigenvalue weighted by atomic mass is 32.1. The average molecular weight is 329 g/mol. The van der Waals surface area contributed by atoms with Gasteiger partial charge in [-0.15, -0.1) is 11.3 Å². The molecule has 0 bridgehead atoms. The van der Waals surface area contributed by atoms with Crippen molar-refractivity contribution in [1.29, 1.82) is 0 Å². The van der Waals surface area contributed by atoms with Crippen molar-refractivity contribution in [1.82, 2.24) is 0 Å². The fourth-order valence-electron chi connectivity index (χ4n) is 1.63. The van der Waals surface area contributed by atoms with Gasteiger partial charge in [0.1, 0.15) is 15.5 Å². The smallest absolute Gasteiger partial charge is 0.412 e. The Bertz CT molecular complexity index is 599. The Morgan fingerprint density at radius 1 is 1.05 bits per heavy atom. The van der Waals surface area contributed by atoms with E-state index in [2.05, 4.69) is 10.1 Å². The summed E-state index contributed by atoms with van der Waals surface area (Å²) in [6.45, 7) is 6.73. The Balaban J connectivity index is 3.20. The molecule has 8 heteroatoms. The van der Waals surface area contributed by atoms with Gasteiger partial charge in [0.05, 0.1) is 19.8 Å². The summed E-state index contributed by atoms with van der Waals surface area (Å²) >= 11 is 0.930. The van der Waals surface area contributed by atoms with E-state index in [-0.39, 0.29) is 15.4 Å². The Morgan fingerprint density at radius 2 is 1.59 bits per heavy atom. The van der Waals surface area contributed by atoms with Crippen LogP contribution in [0.15, 0.2) is 0 Å². The number of esters is 2. The summed E-state index contributed by atoms with van der Waals surface area (Å²) < 4.78 is 14.5. The lowest BCUT2D eigenvalue weighted by molar-refractivity contribution is 0.0601. The van der Waals surface area contributed by atoms with Crippen LogP contribution in [0.5, 0.6) is 0 Å². The van der Waals surface area contributed by atoms with Crippen LogP contribution in [-0.2, 0) is 14.2 Å². The van der Waals surface area contributed by atoms with Crippen molar-refractivity contribution >= 4 is 34.4 Å². The molecule has 22 heavy (non-hydrogen) atoms. The van der Waals surface area contributed by atoms with Gasteiger partial charge in [-0.25, -0.2) is 14.4 Å². The van der Waals surface area contributed by atoms with Crippen LogP contribution in [0.2, 0.25) is 0 Å². The average Bonchev–Trinajstić information content (AvgIpc) is 2.71. The van der Waals surface area contributed by atoms with E-state index in [1.807, 2.05) is 0 Å². The predicted molar refractivity (Wildman–Crippen MR) is 81.6 cm³/mol. The number of thiophene rings is 1. The summed E-state index contributed by atoms with van der Waals surface area (Å²) in [5.41, 5.74) is -0.194. The minimum absolute atomic E-state index is 0.110. The fraction of sp³-hybridized carbons (Fsp3) is 0.500. The minimum Gasteiger partial charge on any atom is -0.465 e. The SMILES string of the molecule is COC(=O)c1sc(NC(=O)OC(C)(C)C)c(C(=O)OC)c1C. The molecule has 1 aromatic heterocycles. The van der Waals surface area contributed by atoms with Gasteiger partial charge < -0.3 is 14.2 Å². The molecule has 0 saturated heterocycles. The number of anilines is 1. The first-order chi connectivity index (χ1) is 10.1.